The molecule has 0 aliphatic carbocycles. The number of para-hydroxylation sites is 2. The van der Waals surface area contributed by atoms with E-state index in [-0.39, 0.29) is 0 Å². The largest absolute Gasteiger partial charge is 0.294 e. The number of pyridine rings is 2. The van der Waals surface area contributed by atoms with Gasteiger partial charge in [-0.1, -0.05) is 48.5 Å². The van der Waals surface area contributed by atoms with Crippen molar-refractivity contribution >= 4 is 43.9 Å². The smallest absolute Gasteiger partial charge is 0.145 e. The predicted octanol–water partition coefficient (Wildman–Crippen LogP) is 8.34. The molecule has 8 rings (SSSR count). The van der Waals surface area contributed by atoms with Gasteiger partial charge in [0, 0.05) is 45.3 Å². The minimum Gasteiger partial charge on any atom is -0.294 e. The highest BCUT2D eigenvalue weighted by atomic mass is 15.1. The molecule has 0 aliphatic heterocycles. The number of fused-ring (bicyclic) bond motifs is 6. The molecule has 0 atom stereocenters. The molecular weight excluding hydrogens is 464 g/mol. The standard InChI is InChI=1S/C34H22N4/c1-3-9-25(10-4-1)37-31-17-15-23(21-29(31)27-13-7-19-35-33(27)37)24-16-18-32-30(22-24)28-14-8-20-36-34(28)38(32)26-11-5-2-6-12-26/h1-22H. The van der Waals surface area contributed by atoms with Crippen LogP contribution in [0.4, 0.5) is 0 Å². The van der Waals surface area contributed by atoms with Gasteiger partial charge in [-0.15, -0.1) is 0 Å². The minimum absolute atomic E-state index is 0.971. The molecule has 4 aromatic heterocycles. The van der Waals surface area contributed by atoms with Crippen molar-refractivity contribution in [2.45, 2.75) is 0 Å². The molecule has 0 amide bonds. The number of hydrogen-bond donors (Lipinski definition) is 0. The summed E-state index contributed by atoms with van der Waals surface area (Å²) in [4.78, 5) is 9.51. The number of rotatable bonds is 3. The molecular formula is C34H22N4. The summed E-state index contributed by atoms with van der Waals surface area (Å²) in [6.07, 6.45) is 3.73. The molecule has 4 heteroatoms. The fraction of sp³-hybridized carbons (Fsp3) is 0. The van der Waals surface area contributed by atoms with E-state index >= 15 is 0 Å². The highest BCUT2D eigenvalue weighted by molar-refractivity contribution is 6.11. The van der Waals surface area contributed by atoms with Crippen LogP contribution in [0, 0.1) is 0 Å². The van der Waals surface area contributed by atoms with Gasteiger partial charge in [0.25, 0.3) is 0 Å². The maximum atomic E-state index is 4.76. The van der Waals surface area contributed by atoms with E-state index in [1.165, 1.54) is 21.9 Å². The summed E-state index contributed by atoms with van der Waals surface area (Å²) in [5, 5.41) is 4.70. The lowest BCUT2D eigenvalue weighted by Crippen LogP contribution is -1.94. The van der Waals surface area contributed by atoms with Crippen LogP contribution in [0.3, 0.4) is 0 Å². The van der Waals surface area contributed by atoms with Crippen LogP contribution >= 0.6 is 0 Å². The van der Waals surface area contributed by atoms with Crippen molar-refractivity contribution in [3.63, 3.8) is 0 Å². The van der Waals surface area contributed by atoms with Crippen LogP contribution in [0.2, 0.25) is 0 Å². The highest BCUT2D eigenvalue weighted by Gasteiger charge is 2.16. The summed E-state index contributed by atoms with van der Waals surface area (Å²) in [6.45, 7) is 0. The maximum absolute atomic E-state index is 4.76. The van der Waals surface area contributed by atoms with Gasteiger partial charge < -0.3 is 0 Å². The van der Waals surface area contributed by atoms with Crippen LogP contribution in [-0.2, 0) is 0 Å². The Bertz CT molecular complexity index is 1960. The molecule has 0 saturated heterocycles. The Kier molecular flexibility index (Phi) is 4.49. The van der Waals surface area contributed by atoms with E-state index in [1.807, 2.05) is 36.7 Å². The van der Waals surface area contributed by atoms with Gasteiger partial charge >= 0.3 is 0 Å². The van der Waals surface area contributed by atoms with Crippen molar-refractivity contribution in [1.29, 1.82) is 0 Å². The third-order valence-electron chi connectivity index (χ3n) is 7.41. The molecule has 0 spiro atoms. The quantitative estimate of drug-likeness (QED) is 0.252. The summed E-state index contributed by atoms with van der Waals surface area (Å²) in [5.41, 5.74) is 8.83. The molecule has 0 radical (unpaired) electrons. The fourth-order valence-electron chi connectivity index (χ4n) is 5.73. The molecule has 0 fully saturated rings. The van der Waals surface area contributed by atoms with Crippen LogP contribution in [0.1, 0.15) is 0 Å². The van der Waals surface area contributed by atoms with Crippen molar-refractivity contribution in [1.82, 2.24) is 19.1 Å². The first-order valence-corrected chi connectivity index (χ1v) is 12.8. The monoisotopic (exact) mass is 486 g/mol. The highest BCUT2D eigenvalue weighted by Crippen LogP contribution is 2.37. The first-order chi connectivity index (χ1) is 18.9. The van der Waals surface area contributed by atoms with Gasteiger partial charge in [0.2, 0.25) is 0 Å². The molecule has 0 N–H and O–H groups in total. The summed E-state index contributed by atoms with van der Waals surface area (Å²) < 4.78 is 4.49. The van der Waals surface area contributed by atoms with Gasteiger partial charge in [0.05, 0.1) is 11.0 Å². The molecule has 0 saturated carbocycles. The first-order valence-electron chi connectivity index (χ1n) is 12.8. The zero-order valence-corrected chi connectivity index (χ0v) is 20.5. The Morgan fingerprint density at radius 2 is 0.842 bits per heavy atom. The Labute approximate surface area is 219 Å². The minimum atomic E-state index is 0.971. The van der Waals surface area contributed by atoms with E-state index < -0.39 is 0 Å². The fourth-order valence-corrected chi connectivity index (χ4v) is 5.73. The van der Waals surface area contributed by atoms with E-state index in [0.29, 0.717) is 0 Å². The second-order valence-electron chi connectivity index (χ2n) is 9.55. The van der Waals surface area contributed by atoms with Crippen molar-refractivity contribution < 1.29 is 0 Å². The van der Waals surface area contributed by atoms with Gasteiger partial charge in [-0.2, -0.15) is 0 Å². The molecule has 4 aromatic carbocycles. The Morgan fingerprint density at radius 1 is 0.395 bits per heavy atom. The topological polar surface area (TPSA) is 35.6 Å². The zero-order chi connectivity index (χ0) is 25.1. The molecule has 0 bridgehead atoms. The summed E-state index contributed by atoms with van der Waals surface area (Å²) in [6, 6.07) is 42.7. The second kappa shape index (κ2) is 8.15. The summed E-state index contributed by atoms with van der Waals surface area (Å²) in [5.74, 6) is 0. The predicted molar refractivity (Wildman–Crippen MR) is 156 cm³/mol. The third-order valence-corrected chi connectivity index (χ3v) is 7.41. The molecule has 0 unspecified atom stereocenters. The van der Waals surface area contributed by atoms with Crippen molar-refractivity contribution in [2.75, 3.05) is 0 Å². The lowest BCUT2D eigenvalue weighted by molar-refractivity contribution is 1.13. The SMILES string of the molecule is c1ccc(-n2c3ccc(-c4ccc5c(c4)c4cccnc4n5-c4ccccc4)cc3c3cccnc32)cc1. The van der Waals surface area contributed by atoms with E-state index in [2.05, 4.69) is 106 Å². The molecule has 178 valence electrons. The zero-order valence-electron chi connectivity index (χ0n) is 20.5. The van der Waals surface area contributed by atoms with Crippen molar-refractivity contribution in [2.24, 2.45) is 0 Å². The van der Waals surface area contributed by atoms with Crippen molar-refractivity contribution in [3.05, 3.63) is 134 Å². The molecule has 4 heterocycles. The number of benzene rings is 4. The first kappa shape index (κ1) is 20.9. The number of aromatic nitrogens is 4. The van der Waals surface area contributed by atoms with Crippen molar-refractivity contribution in [3.8, 4) is 22.5 Å². The molecule has 38 heavy (non-hydrogen) atoms. The Morgan fingerprint density at radius 3 is 1.29 bits per heavy atom. The van der Waals surface area contributed by atoms with E-state index in [1.54, 1.807) is 0 Å². The Balaban J connectivity index is 1.36. The number of nitrogens with zero attached hydrogens (tertiary/aromatic N) is 4. The average Bonchev–Trinajstić information content (AvgIpc) is 3.50. The lowest BCUT2D eigenvalue weighted by atomic mass is 10.0. The van der Waals surface area contributed by atoms with Gasteiger partial charge in [0.15, 0.2) is 0 Å². The van der Waals surface area contributed by atoms with E-state index in [0.717, 1.165) is 44.5 Å². The van der Waals surface area contributed by atoms with Gasteiger partial charge in [-0.05, 0) is 83.9 Å². The molecule has 4 nitrogen and oxygen atoms in total. The maximum Gasteiger partial charge on any atom is 0.145 e. The normalized spacial score (nSPS) is 11.7. The Hall–Kier alpha value is -5.22. The van der Waals surface area contributed by atoms with E-state index in [4.69, 9.17) is 9.97 Å². The van der Waals surface area contributed by atoms with Crippen LogP contribution in [0.5, 0.6) is 0 Å². The van der Waals surface area contributed by atoms with Gasteiger partial charge in [-0.25, -0.2) is 9.97 Å². The third kappa shape index (κ3) is 3.04. The van der Waals surface area contributed by atoms with Crippen LogP contribution in [0.15, 0.2) is 134 Å². The summed E-state index contributed by atoms with van der Waals surface area (Å²) in [7, 11) is 0. The molecule has 8 aromatic rings. The van der Waals surface area contributed by atoms with Gasteiger partial charge in [0.1, 0.15) is 11.3 Å². The van der Waals surface area contributed by atoms with Gasteiger partial charge in [-0.3, -0.25) is 9.13 Å². The van der Waals surface area contributed by atoms with Crippen LogP contribution in [0.25, 0.3) is 66.4 Å². The average molecular weight is 487 g/mol. The van der Waals surface area contributed by atoms with Crippen LogP contribution in [-0.4, -0.2) is 19.1 Å². The summed E-state index contributed by atoms with van der Waals surface area (Å²) >= 11 is 0. The lowest BCUT2D eigenvalue weighted by Gasteiger charge is -2.08. The molecule has 0 aliphatic rings. The number of hydrogen-bond acceptors (Lipinski definition) is 2. The second-order valence-corrected chi connectivity index (χ2v) is 9.55. The van der Waals surface area contributed by atoms with Crippen LogP contribution < -0.4 is 0 Å². The van der Waals surface area contributed by atoms with E-state index in [9.17, 15) is 0 Å².